The molecule has 6 nitrogen and oxygen atoms in total. The minimum Gasteiger partial charge on any atom is -0.496 e. The number of rotatable bonds is 8. The summed E-state index contributed by atoms with van der Waals surface area (Å²) in [4.78, 5) is 14.1. The Morgan fingerprint density at radius 2 is 2.07 bits per heavy atom. The highest BCUT2D eigenvalue weighted by atomic mass is 32.2. The van der Waals surface area contributed by atoms with Gasteiger partial charge < -0.3 is 15.0 Å². The van der Waals surface area contributed by atoms with Crippen LogP contribution in [0.5, 0.6) is 5.75 Å². The van der Waals surface area contributed by atoms with E-state index in [1.54, 1.807) is 31.2 Å². The predicted molar refractivity (Wildman–Crippen MR) is 110 cm³/mol. The number of halogens is 1. The number of nitrogens with zero attached hydrogens (tertiary/aromatic N) is 3. The molecule has 1 heterocycles. The van der Waals surface area contributed by atoms with Gasteiger partial charge in [0.25, 0.3) is 0 Å². The van der Waals surface area contributed by atoms with Gasteiger partial charge in [-0.1, -0.05) is 47.4 Å². The molecule has 0 saturated carbocycles. The molecule has 0 bridgehead atoms. The van der Waals surface area contributed by atoms with Crippen LogP contribution in [0.25, 0.3) is 0 Å². The van der Waals surface area contributed by atoms with Crippen LogP contribution >= 0.6 is 23.1 Å². The molecule has 0 aliphatic heterocycles. The van der Waals surface area contributed by atoms with Crippen molar-refractivity contribution in [2.75, 3.05) is 25.2 Å². The third-order valence-electron chi connectivity index (χ3n) is 3.83. The van der Waals surface area contributed by atoms with Crippen LogP contribution in [0.2, 0.25) is 0 Å². The van der Waals surface area contributed by atoms with Gasteiger partial charge in [-0.3, -0.25) is 4.79 Å². The van der Waals surface area contributed by atoms with Crippen molar-refractivity contribution in [2.24, 2.45) is 0 Å². The first-order chi connectivity index (χ1) is 13.5. The predicted octanol–water partition coefficient (Wildman–Crippen LogP) is 4.18. The zero-order chi connectivity index (χ0) is 19.9. The quantitative estimate of drug-likeness (QED) is 0.554. The van der Waals surface area contributed by atoms with Gasteiger partial charge in [-0.15, -0.1) is 10.2 Å². The molecule has 0 spiro atoms. The summed E-state index contributed by atoms with van der Waals surface area (Å²) in [5.74, 6) is 0.658. The van der Waals surface area contributed by atoms with Crippen LogP contribution in [0.15, 0.2) is 52.9 Å². The van der Waals surface area contributed by atoms with Crippen molar-refractivity contribution in [3.63, 3.8) is 0 Å². The highest BCUT2D eigenvalue weighted by molar-refractivity contribution is 8.01. The van der Waals surface area contributed by atoms with E-state index in [0.717, 1.165) is 11.3 Å². The molecule has 1 N–H and O–H groups in total. The number of ether oxygens (including phenoxy) is 1. The number of methoxy groups -OCH3 is 1. The van der Waals surface area contributed by atoms with Gasteiger partial charge in [0, 0.05) is 24.8 Å². The molecule has 28 heavy (non-hydrogen) atoms. The lowest BCUT2D eigenvalue weighted by molar-refractivity contribution is -0.127. The van der Waals surface area contributed by atoms with E-state index < -0.39 is 0 Å². The SMILES string of the molecule is COc1ccccc1CN(C)C(=O)CSc1nnc(Nc2cccc(F)c2)s1. The Morgan fingerprint density at radius 3 is 2.86 bits per heavy atom. The number of nitrogens with one attached hydrogen (secondary N) is 1. The Kier molecular flexibility index (Phi) is 6.83. The molecule has 0 aliphatic carbocycles. The molecule has 0 fully saturated rings. The van der Waals surface area contributed by atoms with Crippen LogP contribution in [-0.4, -0.2) is 40.9 Å². The second-order valence-electron chi connectivity index (χ2n) is 5.86. The molecular formula is C19H19FN4O2S2. The third kappa shape index (κ3) is 5.43. The van der Waals surface area contributed by atoms with Gasteiger partial charge in [-0.05, 0) is 24.3 Å². The Bertz CT molecular complexity index is 951. The van der Waals surface area contributed by atoms with Crippen molar-refractivity contribution in [3.8, 4) is 5.75 Å². The Labute approximate surface area is 170 Å². The maximum atomic E-state index is 13.2. The van der Waals surface area contributed by atoms with E-state index in [1.165, 1.54) is 35.2 Å². The normalized spacial score (nSPS) is 10.5. The molecule has 0 radical (unpaired) electrons. The fourth-order valence-corrected chi connectivity index (χ4v) is 4.13. The second-order valence-corrected chi connectivity index (χ2v) is 8.06. The largest absolute Gasteiger partial charge is 0.496 e. The summed E-state index contributed by atoms with van der Waals surface area (Å²) < 4.78 is 19.2. The van der Waals surface area contributed by atoms with Gasteiger partial charge in [-0.25, -0.2) is 4.39 Å². The lowest BCUT2D eigenvalue weighted by atomic mass is 10.2. The monoisotopic (exact) mass is 418 g/mol. The maximum Gasteiger partial charge on any atom is 0.233 e. The maximum absolute atomic E-state index is 13.2. The number of aromatic nitrogens is 2. The Hall–Kier alpha value is -2.65. The van der Waals surface area contributed by atoms with Crippen molar-refractivity contribution in [1.82, 2.24) is 15.1 Å². The molecular weight excluding hydrogens is 399 g/mol. The number of anilines is 2. The lowest BCUT2D eigenvalue weighted by Crippen LogP contribution is -2.27. The van der Waals surface area contributed by atoms with E-state index in [9.17, 15) is 9.18 Å². The molecule has 0 unspecified atom stereocenters. The van der Waals surface area contributed by atoms with E-state index in [-0.39, 0.29) is 17.5 Å². The standard InChI is InChI=1S/C19H19FN4O2S2/c1-24(11-13-6-3-4-9-16(13)26-2)17(25)12-27-19-23-22-18(28-19)21-15-8-5-7-14(20)10-15/h3-10H,11-12H2,1-2H3,(H,21,22). The van der Waals surface area contributed by atoms with E-state index in [2.05, 4.69) is 15.5 Å². The highest BCUT2D eigenvalue weighted by Gasteiger charge is 2.14. The third-order valence-corrected chi connectivity index (χ3v) is 5.78. The summed E-state index contributed by atoms with van der Waals surface area (Å²) in [7, 11) is 3.37. The number of amides is 1. The van der Waals surface area contributed by atoms with Gasteiger partial charge in [0.05, 0.1) is 12.9 Å². The first-order valence-electron chi connectivity index (χ1n) is 8.40. The number of hydrogen-bond acceptors (Lipinski definition) is 7. The van der Waals surface area contributed by atoms with E-state index >= 15 is 0 Å². The summed E-state index contributed by atoms with van der Waals surface area (Å²) in [6.45, 7) is 0.464. The fourth-order valence-electron chi connectivity index (χ4n) is 2.42. The molecule has 1 aromatic heterocycles. The molecule has 3 rings (SSSR count). The summed E-state index contributed by atoms with van der Waals surface area (Å²) in [5, 5.41) is 11.6. The Morgan fingerprint density at radius 1 is 1.25 bits per heavy atom. The topological polar surface area (TPSA) is 67.3 Å². The van der Waals surface area contributed by atoms with Crippen molar-refractivity contribution < 1.29 is 13.9 Å². The van der Waals surface area contributed by atoms with Crippen LogP contribution in [-0.2, 0) is 11.3 Å². The number of para-hydroxylation sites is 1. The smallest absolute Gasteiger partial charge is 0.233 e. The first-order valence-corrected chi connectivity index (χ1v) is 10.2. The molecule has 0 saturated heterocycles. The molecule has 146 valence electrons. The number of benzene rings is 2. The summed E-state index contributed by atoms with van der Waals surface area (Å²) >= 11 is 2.63. The van der Waals surface area contributed by atoms with Gasteiger partial charge >= 0.3 is 0 Å². The first kappa shape index (κ1) is 20.1. The van der Waals surface area contributed by atoms with Gasteiger partial charge in [0.1, 0.15) is 11.6 Å². The highest BCUT2D eigenvalue weighted by Crippen LogP contribution is 2.28. The zero-order valence-corrected chi connectivity index (χ0v) is 17.0. The van der Waals surface area contributed by atoms with Crippen LogP contribution in [0.1, 0.15) is 5.56 Å². The van der Waals surface area contributed by atoms with Crippen molar-refractivity contribution >= 4 is 39.8 Å². The van der Waals surface area contributed by atoms with E-state index in [1.807, 2.05) is 24.3 Å². The second kappa shape index (κ2) is 9.52. The van der Waals surface area contributed by atoms with Crippen LogP contribution in [0.4, 0.5) is 15.2 Å². The summed E-state index contributed by atoms with van der Waals surface area (Å²) in [5.41, 5.74) is 1.55. The average molecular weight is 419 g/mol. The van der Waals surface area contributed by atoms with Crippen molar-refractivity contribution in [3.05, 3.63) is 59.9 Å². The Balaban J connectivity index is 1.52. The average Bonchev–Trinajstić information content (AvgIpc) is 3.13. The number of hydrogen-bond donors (Lipinski definition) is 1. The van der Waals surface area contributed by atoms with Crippen molar-refractivity contribution in [1.29, 1.82) is 0 Å². The number of carbonyl (C=O) groups excluding carboxylic acids is 1. The minimum atomic E-state index is -0.326. The molecule has 0 aliphatic rings. The van der Waals surface area contributed by atoms with E-state index in [4.69, 9.17) is 4.74 Å². The zero-order valence-electron chi connectivity index (χ0n) is 15.4. The minimum absolute atomic E-state index is 0.0225. The van der Waals surface area contributed by atoms with Gasteiger partial charge in [-0.2, -0.15) is 0 Å². The van der Waals surface area contributed by atoms with Crippen molar-refractivity contribution in [2.45, 2.75) is 10.9 Å². The number of thioether (sulfide) groups is 1. The lowest BCUT2D eigenvalue weighted by Gasteiger charge is -2.18. The van der Waals surface area contributed by atoms with Crippen LogP contribution in [0.3, 0.4) is 0 Å². The summed E-state index contributed by atoms with van der Waals surface area (Å²) in [6, 6.07) is 13.7. The van der Waals surface area contributed by atoms with Gasteiger partial charge in [0.15, 0.2) is 4.34 Å². The summed E-state index contributed by atoms with van der Waals surface area (Å²) in [6.07, 6.45) is 0. The molecule has 0 atom stereocenters. The van der Waals surface area contributed by atoms with Gasteiger partial charge in [0.2, 0.25) is 11.0 Å². The van der Waals surface area contributed by atoms with E-state index in [0.29, 0.717) is 21.7 Å². The van der Waals surface area contributed by atoms with Crippen LogP contribution < -0.4 is 10.1 Å². The van der Waals surface area contributed by atoms with Crippen LogP contribution in [0, 0.1) is 5.82 Å². The molecule has 2 aromatic carbocycles. The fraction of sp³-hybridized carbons (Fsp3) is 0.211. The molecule has 9 heteroatoms. The molecule has 1 amide bonds. The number of carbonyl (C=O) groups is 1. The molecule has 3 aromatic rings.